The summed E-state index contributed by atoms with van der Waals surface area (Å²) in [5.41, 5.74) is 5.35. The predicted molar refractivity (Wildman–Crippen MR) is 101 cm³/mol. The highest BCUT2D eigenvalue weighted by molar-refractivity contribution is 5.66. The predicted octanol–water partition coefficient (Wildman–Crippen LogP) is 1.51. The van der Waals surface area contributed by atoms with E-state index in [1.807, 2.05) is 6.92 Å². The van der Waals surface area contributed by atoms with Crippen LogP contribution in [0.5, 0.6) is 0 Å². The number of ether oxygens (including phenoxy) is 5. The summed E-state index contributed by atoms with van der Waals surface area (Å²) >= 11 is 0. The molecule has 0 aromatic carbocycles. The van der Waals surface area contributed by atoms with Crippen molar-refractivity contribution in [1.29, 1.82) is 5.26 Å². The van der Waals surface area contributed by atoms with Crippen molar-refractivity contribution in [2.45, 2.75) is 63.5 Å². The molecule has 11 heteroatoms. The molecule has 1 unspecified atom stereocenters. The lowest BCUT2D eigenvalue weighted by molar-refractivity contribution is -0.159. The lowest BCUT2D eigenvalue weighted by Gasteiger charge is -2.26. The molecular weight excluding hydrogens is 394 g/mol. The Balaban J connectivity index is 1.68. The van der Waals surface area contributed by atoms with Gasteiger partial charge in [0.15, 0.2) is 12.1 Å². The molecule has 0 aliphatic carbocycles. The zero-order valence-corrected chi connectivity index (χ0v) is 16.8. The Labute approximate surface area is 172 Å². The smallest absolute Gasteiger partial charge is 0.432 e. The van der Waals surface area contributed by atoms with E-state index < -0.39 is 36.4 Å². The highest BCUT2D eigenvalue weighted by Crippen LogP contribution is 2.47. The fraction of sp³-hybridized carbons (Fsp3) is 0.579. The number of carbonyl (C=O) groups is 1. The van der Waals surface area contributed by atoms with E-state index in [0.29, 0.717) is 17.6 Å². The summed E-state index contributed by atoms with van der Waals surface area (Å²) in [5, 5.41) is 14.4. The number of nitrogen functional groups attached to an aromatic ring is 1. The number of nitrogens with two attached hydrogens (primary N) is 1. The maximum absolute atomic E-state index is 11.8. The van der Waals surface area contributed by atoms with E-state index in [1.165, 1.54) is 10.8 Å². The third-order valence-electron chi connectivity index (χ3n) is 5.07. The number of hydrogen-bond acceptors (Lipinski definition) is 10. The van der Waals surface area contributed by atoms with Crippen molar-refractivity contribution in [3.63, 3.8) is 0 Å². The van der Waals surface area contributed by atoms with E-state index in [2.05, 4.69) is 16.2 Å². The molecule has 2 aliphatic rings. The summed E-state index contributed by atoms with van der Waals surface area (Å²) in [7, 11) is 0. The first-order valence-electron chi connectivity index (χ1n) is 9.71. The second kappa shape index (κ2) is 7.71. The second-order valence-corrected chi connectivity index (χ2v) is 7.39. The van der Waals surface area contributed by atoms with Crippen LogP contribution in [0.3, 0.4) is 0 Å². The zero-order chi connectivity index (χ0) is 21.5. The van der Waals surface area contributed by atoms with E-state index >= 15 is 0 Å². The SMILES string of the molecule is CCC1O[C@H]2[C@@H](O1)[C@](C#N)(c1ccc3c(N)ncnn13)O[C@@H]2COC(=O)OC(C)C. The molecule has 2 aromatic rings. The Hall–Kier alpha value is -2.94. The third kappa shape index (κ3) is 3.23. The van der Waals surface area contributed by atoms with Crippen molar-refractivity contribution in [3.8, 4) is 6.07 Å². The molecule has 2 aliphatic heterocycles. The van der Waals surface area contributed by atoms with Gasteiger partial charge in [-0.05, 0) is 32.4 Å². The Bertz CT molecular complexity index is 987. The fourth-order valence-corrected chi connectivity index (χ4v) is 3.79. The highest BCUT2D eigenvalue weighted by atomic mass is 16.8. The summed E-state index contributed by atoms with van der Waals surface area (Å²) in [6, 6.07) is 5.64. The summed E-state index contributed by atoms with van der Waals surface area (Å²) in [5.74, 6) is 0.269. The van der Waals surface area contributed by atoms with Crippen LogP contribution in [0, 0.1) is 11.3 Å². The van der Waals surface area contributed by atoms with Gasteiger partial charge in [0.05, 0.1) is 11.8 Å². The van der Waals surface area contributed by atoms with Gasteiger partial charge in [0, 0.05) is 0 Å². The van der Waals surface area contributed by atoms with Crippen molar-refractivity contribution in [1.82, 2.24) is 14.6 Å². The number of anilines is 1. The Morgan fingerprint density at radius 1 is 1.43 bits per heavy atom. The molecule has 0 spiro atoms. The fourth-order valence-electron chi connectivity index (χ4n) is 3.79. The van der Waals surface area contributed by atoms with Gasteiger partial charge in [0.1, 0.15) is 42.8 Å². The molecule has 2 aromatic heterocycles. The van der Waals surface area contributed by atoms with Gasteiger partial charge in [-0.15, -0.1) is 0 Å². The number of nitrogens with zero attached hydrogens (tertiary/aromatic N) is 4. The average Bonchev–Trinajstić information content (AvgIpc) is 3.39. The van der Waals surface area contributed by atoms with Gasteiger partial charge >= 0.3 is 6.16 Å². The van der Waals surface area contributed by atoms with E-state index in [0.717, 1.165) is 0 Å². The highest BCUT2D eigenvalue weighted by Gasteiger charge is 2.63. The standard InChI is InChI=1S/C19H23N5O6/c1-4-14-28-15-12(7-26-18(25)27-10(2)3)30-19(8-20,16(15)29-14)13-6-5-11-17(21)22-9-23-24(11)13/h5-6,9-10,12,14-16H,4,7H2,1-3H3,(H2,21,22,23)/t12-,14?,15-,16-,19+/m1/s1. The molecule has 4 heterocycles. The van der Waals surface area contributed by atoms with Crippen molar-refractivity contribution in [3.05, 3.63) is 24.2 Å². The van der Waals surface area contributed by atoms with Gasteiger partial charge in [0.25, 0.3) is 0 Å². The van der Waals surface area contributed by atoms with Crippen LogP contribution in [0.25, 0.3) is 5.52 Å². The van der Waals surface area contributed by atoms with Gasteiger partial charge < -0.3 is 29.4 Å². The van der Waals surface area contributed by atoms with Crippen LogP contribution in [-0.2, 0) is 29.3 Å². The molecule has 2 saturated heterocycles. The number of fused-ring (bicyclic) bond motifs is 2. The quantitative estimate of drug-likeness (QED) is 0.711. The van der Waals surface area contributed by atoms with Crippen LogP contribution < -0.4 is 5.73 Å². The molecule has 0 radical (unpaired) electrons. The minimum Gasteiger partial charge on any atom is -0.432 e. The zero-order valence-electron chi connectivity index (χ0n) is 16.8. The van der Waals surface area contributed by atoms with Crippen LogP contribution in [-0.4, -0.2) is 58.1 Å². The normalized spacial score (nSPS) is 30.4. The number of aromatic nitrogens is 3. The van der Waals surface area contributed by atoms with Gasteiger partial charge in [-0.2, -0.15) is 10.4 Å². The topological polar surface area (TPSA) is 143 Å². The Morgan fingerprint density at radius 2 is 2.23 bits per heavy atom. The maximum atomic E-state index is 11.8. The molecule has 0 amide bonds. The molecule has 2 fully saturated rings. The first kappa shape index (κ1) is 20.3. The van der Waals surface area contributed by atoms with Crippen molar-refractivity contribution in [2.75, 3.05) is 12.3 Å². The van der Waals surface area contributed by atoms with E-state index in [-0.39, 0.29) is 18.5 Å². The minimum atomic E-state index is -1.54. The third-order valence-corrected chi connectivity index (χ3v) is 5.07. The monoisotopic (exact) mass is 417 g/mol. The summed E-state index contributed by atoms with van der Waals surface area (Å²) in [6.45, 7) is 5.19. The molecule has 30 heavy (non-hydrogen) atoms. The first-order valence-corrected chi connectivity index (χ1v) is 9.71. The van der Waals surface area contributed by atoms with Crippen molar-refractivity contribution < 1.29 is 28.5 Å². The van der Waals surface area contributed by atoms with Crippen LogP contribution in [0.15, 0.2) is 18.5 Å². The van der Waals surface area contributed by atoms with Gasteiger partial charge in [-0.25, -0.2) is 14.3 Å². The molecule has 11 nitrogen and oxygen atoms in total. The number of nitriles is 1. The molecule has 5 atom stereocenters. The molecule has 2 N–H and O–H groups in total. The number of carbonyl (C=O) groups excluding carboxylic acids is 1. The van der Waals surface area contributed by atoms with Crippen LogP contribution in [0.4, 0.5) is 10.6 Å². The summed E-state index contributed by atoms with van der Waals surface area (Å²) in [4.78, 5) is 15.8. The molecule has 0 bridgehead atoms. The van der Waals surface area contributed by atoms with Gasteiger partial charge in [0.2, 0.25) is 5.60 Å². The lowest BCUT2D eigenvalue weighted by Crippen LogP contribution is -2.40. The number of rotatable bonds is 5. The van der Waals surface area contributed by atoms with E-state index in [4.69, 9.17) is 29.4 Å². The Morgan fingerprint density at radius 3 is 2.93 bits per heavy atom. The average molecular weight is 417 g/mol. The maximum Gasteiger partial charge on any atom is 0.508 e. The lowest BCUT2D eigenvalue weighted by atomic mass is 9.92. The minimum absolute atomic E-state index is 0.156. The Kier molecular flexibility index (Phi) is 5.23. The molecule has 160 valence electrons. The van der Waals surface area contributed by atoms with Crippen LogP contribution >= 0.6 is 0 Å². The van der Waals surface area contributed by atoms with Crippen LogP contribution in [0.2, 0.25) is 0 Å². The number of hydrogen-bond donors (Lipinski definition) is 1. The van der Waals surface area contributed by atoms with E-state index in [9.17, 15) is 10.1 Å². The second-order valence-electron chi connectivity index (χ2n) is 7.39. The van der Waals surface area contributed by atoms with Gasteiger partial charge in [-0.3, -0.25) is 0 Å². The first-order chi connectivity index (χ1) is 14.4. The van der Waals surface area contributed by atoms with Crippen LogP contribution in [0.1, 0.15) is 32.9 Å². The van der Waals surface area contributed by atoms with E-state index in [1.54, 1.807) is 26.0 Å². The summed E-state index contributed by atoms with van der Waals surface area (Å²) < 4.78 is 29.8. The van der Waals surface area contributed by atoms with Gasteiger partial charge in [-0.1, -0.05) is 6.92 Å². The van der Waals surface area contributed by atoms with Crippen molar-refractivity contribution in [2.24, 2.45) is 0 Å². The molecular formula is C19H23N5O6. The summed E-state index contributed by atoms with van der Waals surface area (Å²) in [6.07, 6.45) is -1.88. The van der Waals surface area contributed by atoms with Crippen molar-refractivity contribution >= 4 is 17.5 Å². The molecule has 0 saturated carbocycles. The molecule has 4 rings (SSSR count). The largest absolute Gasteiger partial charge is 0.508 e.